The highest BCUT2D eigenvalue weighted by molar-refractivity contribution is 7.92. The van der Waals surface area contributed by atoms with Crippen LogP contribution in [0.25, 0.3) is 11.6 Å². The van der Waals surface area contributed by atoms with Gasteiger partial charge in [-0.15, -0.1) is 0 Å². The zero-order chi connectivity index (χ0) is 25.1. The Morgan fingerprint density at radius 3 is 2.09 bits per heavy atom. The Bertz CT molecular complexity index is 1420. The summed E-state index contributed by atoms with van der Waals surface area (Å²) in [5, 5.41) is 0. The average molecular weight is 492 g/mol. The number of nitrogens with one attached hydrogen (secondary N) is 1. The predicted octanol–water partition coefficient (Wildman–Crippen LogP) is 4.83. The van der Waals surface area contributed by atoms with Gasteiger partial charge in [-0.25, -0.2) is 28.4 Å². The molecule has 2 aromatic carbocycles. The lowest BCUT2D eigenvalue weighted by Crippen LogP contribution is -2.16. The van der Waals surface area contributed by atoms with Crippen LogP contribution in [0.2, 0.25) is 0 Å². The highest BCUT2D eigenvalue weighted by Gasteiger charge is 2.22. The number of aromatic nitrogens is 4. The number of sulfonamides is 1. The molecule has 0 radical (unpaired) electrons. The summed E-state index contributed by atoms with van der Waals surface area (Å²) in [4.78, 5) is 17.0. The summed E-state index contributed by atoms with van der Waals surface area (Å²) in [6.45, 7) is 6.18. The summed E-state index contributed by atoms with van der Waals surface area (Å²) in [6.07, 6.45) is 4.46. The normalized spacial score (nSPS) is 11.7. The molecule has 1 N–H and O–H groups in total. The lowest BCUT2D eigenvalue weighted by Gasteiger charge is -2.19. The molecule has 0 amide bonds. The molecule has 2 heterocycles. The van der Waals surface area contributed by atoms with Gasteiger partial charge >= 0.3 is 0 Å². The van der Waals surface area contributed by atoms with Crippen molar-refractivity contribution in [3.8, 4) is 28.9 Å². The molecular formula is C25H25N5O4S. The average Bonchev–Trinajstić information content (AvgIpc) is 2.85. The predicted molar refractivity (Wildman–Crippen MR) is 132 cm³/mol. The van der Waals surface area contributed by atoms with Gasteiger partial charge in [0, 0.05) is 12.4 Å². The first-order chi connectivity index (χ1) is 16.7. The van der Waals surface area contributed by atoms with Crippen LogP contribution in [0.5, 0.6) is 17.2 Å². The molecule has 0 unspecified atom stereocenters. The highest BCUT2D eigenvalue weighted by atomic mass is 32.2. The van der Waals surface area contributed by atoms with E-state index < -0.39 is 10.0 Å². The number of ether oxygens (including phenoxy) is 2. The standard InChI is InChI=1S/C25H25N5O4S/c1-25(2,3)17-10-12-18(13-11-17)35(31,32)30-22-21(34-20-9-6-5-8-19(20)33-4)16-28-24(29-22)23-26-14-7-15-27-23/h5-16H,1-4H3,(H,28,29,30). The SMILES string of the molecule is COc1ccccc1Oc1cnc(-c2ncccn2)nc1NS(=O)(=O)c1ccc(C(C)(C)C)cc1. The quantitative estimate of drug-likeness (QED) is 0.391. The van der Waals surface area contributed by atoms with Crippen LogP contribution in [0.1, 0.15) is 26.3 Å². The van der Waals surface area contributed by atoms with Crippen LogP contribution < -0.4 is 14.2 Å². The molecular weight excluding hydrogens is 466 g/mol. The minimum Gasteiger partial charge on any atom is -0.493 e. The van der Waals surface area contributed by atoms with Gasteiger partial charge < -0.3 is 9.47 Å². The largest absolute Gasteiger partial charge is 0.493 e. The Kier molecular flexibility index (Phi) is 6.65. The van der Waals surface area contributed by atoms with Crippen LogP contribution in [0.4, 0.5) is 5.82 Å². The topological polar surface area (TPSA) is 116 Å². The van der Waals surface area contributed by atoms with Gasteiger partial charge in [0.25, 0.3) is 10.0 Å². The Labute approximate surface area is 204 Å². The number of methoxy groups -OCH3 is 1. The molecule has 4 rings (SSSR count). The Hall–Kier alpha value is -4.05. The maximum Gasteiger partial charge on any atom is 0.263 e. The van der Waals surface area contributed by atoms with Crippen LogP contribution in [-0.4, -0.2) is 35.5 Å². The molecule has 0 fully saturated rings. The first-order valence-electron chi connectivity index (χ1n) is 10.8. The maximum atomic E-state index is 13.3. The summed E-state index contributed by atoms with van der Waals surface area (Å²) < 4.78 is 40.3. The van der Waals surface area contributed by atoms with Crippen molar-refractivity contribution < 1.29 is 17.9 Å². The molecule has 0 aliphatic carbocycles. The monoisotopic (exact) mass is 491 g/mol. The number of anilines is 1. The van der Waals surface area contributed by atoms with Gasteiger partial charge in [-0.1, -0.05) is 45.0 Å². The lowest BCUT2D eigenvalue weighted by atomic mass is 9.87. The Morgan fingerprint density at radius 2 is 1.46 bits per heavy atom. The van der Waals surface area contributed by atoms with E-state index in [4.69, 9.17) is 9.47 Å². The van der Waals surface area contributed by atoms with Crippen LogP contribution in [-0.2, 0) is 15.4 Å². The number of hydrogen-bond acceptors (Lipinski definition) is 8. The van der Waals surface area contributed by atoms with E-state index in [0.717, 1.165) is 5.56 Å². The third-order valence-corrected chi connectivity index (χ3v) is 6.43. The van der Waals surface area contributed by atoms with E-state index in [2.05, 4.69) is 45.4 Å². The third-order valence-electron chi connectivity index (χ3n) is 5.07. The first kappa shape index (κ1) is 24.1. The van der Waals surface area contributed by atoms with E-state index in [0.29, 0.717) is 11.5 Å². The maximum absolute atomic E-state index is 13.3. The van der Waals surface area contributed by atoms with Crippen LogP contribution in [0, 0.1) is 0 Å². The lowest BCUT2D eigenvalue weighted by molar-refractivity contribution is 0.378. The molecule has 0 aliphatic heterocycles. The highest BCUT2D eigenvalue weighted by Crippen LogP contribution is 2.35. The molecule has 0 bridgehead atoms. The summed E-state index contributed by atoms with van der Waals surface area (Å²) in [5.41, 5.74) is 0.907. The summed E-state index contributed by atoms with van der Waals surface area (Å²) in [6, 6.07) is 15.4. The van der Waals surface area contributed by atoms with Crippen molar-refractivity contribution in [2.45, 2.75) is 31.1 Å². The molecule has 4 aromatic rings. The van der Waals surface area contributed by atoms with Gasteiger partial charge in [-0.05, 0) is 41.3 Å². The molecule has 0 saturated heterocycles. The van der Waals surface area contributed by atoms with Gasteiger partial charge in [-0.3, -0.25) is 4.72 Å². The number of para-hydroxylation sites is 2. The fraction of sp³-hybridized carbons (Fsp3) is 0.200. The number of hydrogen-bond donors (Lipinski definition) is 1. The van der Waals surface area contributed by atoms with Crippen molar-refractivity contribution in [2.24, 2.45) is 0 Å². The smallest absolute Gasteiger partial charge is 0.263 e. The molecule has 9 nitrogen and oxygen atoms in total. The number of rotatable bonds is 7. The first-order valence-corrected chi connectivity index (χ1v) is 12.2. The molecule has 2 aromatic heterocycles. The van der Waals surface area contributed by atoms with Gasteiger partial charge in [-0.2, -0.15) is 0 Å². The zero-order valence-corrected chi connectivity index (χ0v) is 20.6. The summed E-state index contributed by atoms with van der Waals surface area (Å²) >= 11 is 0. The fourth-order valence-electron chi connectivity index (χ4n) is 3.18. The number of nitrogens with zero attached hydrogens (tertiary/aromatic N) is 4. The zero-order valence-electron chi connectivity index (χ0n) is 19.8. The minimum atomic E-state index is -4.00. The van der Waals surface area contributed by atoms with Gasteiger partial charge in [0.2, 0.25) is 0 Å². The van der Waals surface area contributed by atoms with Crippen molar-refractivity contribution >= 4 is 15.8 Å². The minimum absolute atomic E-state index is 0.0618. The van der Waals surface area contributed by atoms with Crippen molar-refractivity contribution in [2.75, 3.05) is 11.8 Å². The second-order valence-electron chi connectivity index (χ2n) is 8.61. The van der Waals surface area contributed by atoms with Gasteiger partial charge in [0.05, 0.1) is 18.2 Å². The van der Waals surface area contributed by atoms with Crippen molar-refractivity contribution in [1.29, 1.82) is 0 Å². The van der Waals surface area contributed by atoms with Gasteiger partial charge in [0.1, 0.15) is 0 Å². The van der Waals surface area contributed by atoms with Crippen molar-refractivity contribution in [3.05, 3.63) is 78.8 Å². The van der Waals surface area contributed by atoms with Crippen LogP contribution in [0.3, 0.4) is 0 Å². The van der Waals surface area contributed by atoms with E-state index in [1.165, 1.54) is 13.3 Å². The van der Waals surface area contributed by atoms with E-state index >= 15 is 0 Å². The molecule has 0 saturated carbocycles. The second-order valence-corrected chi connectivity index (χ2v) is 10.3. The molecule has 10 heteroatoms. The second kappa shape index (κ2) is 9.67. The molecule has 35 heavy (non-hydrogen) atoms. The van der Waals surface area contributed by atoms with Crippen molar-refractivity contribution in [3.63, 3.8) is 0 Å². The molecule has 0 aliphatic rings. The van der Waals surface area contributed by atoms with E-state index in [1.54, 1.807) is 67.0 Å². The Morgan fingerprint density at radius 1 is 0.800 bits per heavy atom. The molecule has 180 valence electrons. The summed E-state index contributed by atoms with van der Waals surface area (Å²) in [5.74, 6) is 1.24. The van der Waals surface area contributed by atoms with E-state index in [-0.39, 0.29) is 33.5 Å². The number of benzene rings is 2. The van der Waals surface area contributed by atoms with Crippen LogP contribution >= 0.6 is 0 Å². The van der Waals surface area contributed by atoms with E-state index in [9.17, 15) is 8.42 Å². The van der Waals surface area contributed by atoms with E-state index in [1.807, 2.05) is 0 Å². The fourth-order valence-corrected chi connectivity index (χ4v) is 4.20. The van der Waals surface area contributed by atoms with Crippen LogP contribution in [0.15, 0.2) is 78.1 Å². The molecule has 0 spiro atoms. The molecule has 0 atom stereocenters. The summed E-state index contributed by atoms with van der Waals surface area (Å²) in [7, 11) is -2.48. The van der Waals surface area contributed by atoms with Crippen molar-refractivity contribution in [1.82, 2.24) is 19.9 Å². The van der Waals surface area contributed by atoms with Gasteiger partial charge in [0.15, 0.2) is 34.7 Å². The Balaban J connectivity index is 1.74. The third kappa shape index (κ3) is 5.55.